The number of cyclic esters (lactones) is 1. The SMILES string of the molecule is CO[C@H]1CC2C=CC3=C[C@@]2(OC(O)[C@@H](C)[C@H]3OC(=O)c2ccc[nH]2)/C(C)=C/C(C)C(C(C)OC(=O)C(=O)OCc2cccnc2)OC1=O. The molecular weight excluding hydrogens is 624 g/mol. The van der Waals surface area contributed by atoms with Gasteiger partial charge < -0.3 is 38.5 Å². The summed E-state index contributed by atoms with van der Waals surface area (Å²) in [4.78, 5) is 58.3. The maximum atomic E-state index is 13.5. The van der Waals surface area contributed by atoms with Crippen LogP contribution in [0.1, 0.15) is 50.2 Å². The van der Waals surface area contributed by atoms with Gasteiger partial charge in [0, 0.05) is 49.0 Å². The number of carbonyl (C=O) groups is 4. The van der Waals surface area contributed by atoms with E-state index in [1.807, 2.05) is 31.2 Å². The van der Waals surface area contributed by atoms with Gasteiger partial charge >= 0.3 is 23.9 Å². The van der Waals surface area contributed by atoms with Crippen molar-refractivity contribution in [3.8, 4) is 0 Å². The first-order valence-corrected chi connectivity index (χ1v) is 15.7. The number of carbonyl (C=O) groups excluding carboxylic acids is 4. The minimum atomic E-state index is -1.37. The minimum Gasteiger partial charge on any atom is -0.456 e. The van der Waals surface area contributed by atoms with Gasteiger partial charge in [0.15, 0.2) is 12.4 Å². The molecule has 1 aliphatic carbocycles. The minimum absolute atomic E-state index is 0.102. The zero-order valence-corrected chi connectivity index (χ0v) is 27.4. The molecule has 3 aliphatic rings. The quantitative estimate of drug-likeness (QED) is 0.192. The van der Waals surface area contributed by atoms with Crippen LogP contribution in [0.5, 0.6) is 0 Å². The summed E-state index contributed by atoms with van der Waals surface area (Å²) in [6, 6.07) is 6.64. The number of aromatic amines is 1. The summed E-state index contributed by atoms with van der Waals surface area (Å²) in [7, 11) is 1.38. The van der Waals surface area contributed by atoms with E-state index in [9.17, 15) is 24.3 Å². The number of aromatic nitrogens is 2. The average molecular weight is 665 g/mol. The summed E-state index contributed by atoms with van der Waals surface area (Å²) < 4.78 is 34.3. The number of hydrogen-bond acceptors (Lipinski definition) is 12. The predicted molar refractivity (Wildman–Crippen MR) is 167 cm³/mol. The molecule has 13 heteroatoms. The summed E-state index contributed by atoms with van der Waals surface area (Å²) in [6.45, 7) is 6.65. The van der Waals surface area contributed by atoms with Crippen molar-refractivity contribution in [3.63, 3.8) is 0 Å². The molecule has 0 amide bonds. The first-order valence-electron chi connectivity index (χ1n) is 15.7. The van der Waals surface area contributed by atoms with E-state index in [2.05, 4.69) is 9.97 Å². The summed E-state index contributed by atoms with van der Waals surface area (Å²) in [5, 5.41) is 11.4. The second kappa shape index (κ2) is 14.7. The van der Waals surface area contributed by atoms with Gasteiger partial charge in [-0.3, -0.25) is 4.98 Å². The lowest BCUT2D eigenvalue weighted by atomic mass is 9.72. The Morgan fingerprint density at radius 3 is 2.67 bits per heavy atom. The molecule has 2 aromatic heterocycles. The van der Waals surface area contributed by atoms with E-state index in [1.165, 1.54) is 20.2 Å². The molecular formula is C35H40N2O11. The third-order valence-electron chi connectivity index (χ3n) is 9.01. The van der Waals surface area contributed by atoms with Crippen molar-refractivity contribution in [2.24, 2.45) is 17.8 Å². The summed E-state index contributed by atoms with van der Waals surface area (Å²) in [5.74, 6) is -5.49. The number of nitrogens with zero attached hydrogens (tertiary/aromatic N) is 1. The molecule has 0 saturated heterocycles. The van der Waals surface area contributed by atoms with E-state index in [0.29, 0.717) is 16.7 Å². The number of nitrogens with one attached hydrogen (secondary N) is 1. The zero-order valence-electron chi connectivity index (χ0n) is 27.4. The van der Waals surface area contributed by atoms with E-state index in [-0.39, 0.29) is 18.7 Å². The topological polar surface area (TPSA) is 173 Å². The molecule has 9 atom stereocenters. The van der Waals surface area contributed by atoms with Crippen molar-refractivity contribution in [1.82, 2.24) is 9.97 Å². The van der Waals surface area contributed by atoms with E-state index in [0.717, 1.165) is 0 Å². The first kappa shape index (κ1) is 34.7. The van der Waals surface area contributed by atoms with Crippen molar-refractivity contribution in [1.29, 1.82) is 0 Å². The number of aliphatic hydroxyl groups is 1. The van der Waals surface area contributed by atoms with Gasteiger partial charge in [0.2, 0.25) is 0 Å². The van der Waals surface area contributed by atoms with Crippen molar-refractivity contribution in [2.45, 2.75) is 77.0 Å². The fourth-order valence-corrected chi connectivity index (χ4v) is 6.35. The van der Waals surface area contributed by atoms with E-state index in [4.69, 9.17) is 28.4 Å². The Morgan fingerprint density at radius 2 is 1.98 bits per heavy atom. The largest absolute Gasteiger partial charge is 0.456 e. The molecule has 2 aromatic rings. The normalized spacial score (nSPS) is 31.8. The van der Waals surface area contributed by atoms with Crippen LogP contribution in [-0.4, -0.2) is 82.4 Å². The molecule has 13 nitrogen and oxygen atoms in total. The van der Waals surface area contributed by atoms with E-state index >= 15 is 0 Å². The first-order chi connectivity index (χ1) is 22.9. The number of esters is 4. The molecule has 1 spiro atoms. The average Bonchev–Trinajstić information content (AvgIpc) is 3.60. The van der Waals surface area contributed by atoms with Gasteiger partial charge in [0.05, 0.1) is 0 Å². The second-order valence-corrected chi connectivity index (χ2v) is 12.3. The molecule has 0 fully saturated rings. The number of hydrogen-bond donors (Lipinski definition) is 2. The summed E-state index contributed by atoms with van der Waals surface area (Å²) in [5.41, 5.74) is 0.867. The van der Waals surface area contributed by atoms with Crippen molar-refractivity contribution in [3.05, 3.63) is 89.6 Å². The fraction of sp³-hybridized carbons (Fsp3) is 0.457. The monoisotopic (exact) mass is 664 g/mol. The van der Waals surface area contributed by atoms with Gasteiger partial charge in [-0.15, -0.1) is 0 Å². The predicted octanol–water partition coefficient (Wildman–Crippen LogP) is 3.36. The maximum Gasteiger partial charge on any atom is 0.417 e. The van der Waals surface area contributed by atoms with Crippen molar-refractivity contribution >= 4 is 23.9 Å². The Bertz CT molecular complexity index is 1580. The van der Waals surface area contributed by atoms with Crippen LogP contribution in [0.25, 0.3) is 0 Å². The van der Waals surface area contributed by atoms with Gasteiger partial charge in [0.1, 0.15) is 36.2 Å². The molecule has 2 aliphatic heterocycles. The summed E-state index contributed by atoms with van der Waals surface area (Å²) >= 11 is 0. The van der Waals surface area contributed by atoms with Crippen LogP contribution in [0, 0.1) is 17.8 Å². The van der Waals surface area contributed by atoms with Crippen molar-refractivity contribution < 1.29 is 52.7 Å². The zero-order chi connectivity index (χ0) is 34.6. The van der Waals surface area contributed by atoms with Crippen LogP contribution in [0.15, 0.2) is 78.3 Å². The van der Waals surface area contributed by atoms with E-state index < -0.39 is 77.9 Å². The lowest BCUT2D eigenvalue weighted by Crippen LogP contribution is -2.48. The maximum absolute atomic E-state index is 13.5. The van der Waals surface area contributed by atoms with E-state index in [1.54, 1.807) is 50.5 Å². The molecule has 5 unspecified atom stereocenters. The Kier molecular flexibility index (Phi) is 10.6. The Hall–Kier alpha value is -4.59. The molecule has 48 heavy (non-hydrogen) atoms. The Labute approximate surface area is 277 Å². The highest BCUT2D eigenvalue weighted by molar-refractivity contribution is 6.29. The standard InChI is InChI=1S/C35H40N2O11/c1-19-14-20(2)35-16-24(29(21(3)30(38)48-35)47-31(39)26-9-7-13-37-26)10-11-25(35)15-27(43-5)32(40)46-28(19)22(4)45-34(42)33(41)44-18-23-8-6-12-36-17-23/h6-14,16-17,19,21-22,25,27-30,37-38H,15,18H2,1-5H3/b20-14+/t19?,21-,22?,25?,27-,28?,29+,30?,35+/m0/s1. The van der Waals surface area contributed by atoms with Crippen LogP contribution in [0.4, 0.5) is 0 Å². The van der Waals surface area contributed by atoms with Crippen LogP contribution < -0.4 is 0 Å². The van der Waals surface area contributed by atoms with Crippen LogP contribution in [0.3, 0.4) is 0 Å². The van der Waals surface area contributed by atoms with Crippen LogP contribution >= 0.6 is 0 Å². The molecule has 4 heterocycles. The highest BCUT2D eigenvalue weighted by atomic mass is 16.6. The smallest absolute Gasteiger partial charge is 0.417 e. The molecule has 0 saturated carbocycles. The number of aliphatic hydroxyl groups excluding tert-OH is 1. The lowest BCUT2D eigenvalue weighted by molar-refractivity contribution is -0.200. The third-order valence-corrected chi connectivity index (χ3v) is 9.01. The fourth-order valence-electron chi connectivity index (χ4n) is 6.35. The third kappa shape index (κ3) is 7.28. The molecule has 5 rings (SSSR count). The molecule has 2 bridgehead atoms. The number of methoxy groups -OCH3 is 1. The lowest BCUT2D eigenvalue weighted by Gasteiger charge is -2.43. The summed E-state index contributed by atoms with van der Waals surface area (Å²) in [6.07, 6.45) is 6.69. The van der Waals surface area contributed by atoms with Gasteiger partial charge in [-0.25, -0.2) is 19.2 Å². The van der Waals surface area contributed by atoms with Gasteiger partial charge in [-0.1, -0.05) is 38.1 Å². The highest BCUT2D eigenvalue weighted by Crippen LogP contribution is 2.46. The number of rotatable bonds is 7. The van der Waals surface area contributed by atoms with Crippen LogP contribution in [0.2, 0.25) is 0 Å². The molecule has 0 aromatic carbocycles. The Morgan fingerprint density at radius 1 is 1.19 bits per heavy atom. The van der Waals surface area contributed by atoms with Crippen LogP contribution in [-0.2, 0) is 49.4 Å². The number of H-pyrrole nitrogens is 1. The second-order valence-electron chi connectivity index (χ2n) is 12.3. The Balaban J connectivity index is 1.42. The van der Waals surface area contributed by atoms with Gasteiger partial charge in [0.25, 0.3) is 0 Å². The van der Waals surface area contributed by atoms with Crippen molar-refractivity contribution in [2.75, 3.05) is 7.11 Å². The molecule has 2 N–H and O–H groups in total. The highest BCUT2D eigenvalue weighted by Gasteiger charge is 2.51. The van der Waals surface area contributed by atoms with Gasteiger partial charge in [-0.05, 0) is 55.7 Å². The van der Waals surface area contributed by atoms with Gasteiger partial charge in [-0.2, -0.15) is 0 Å². The molecule has 0 radical (unpaired) electrons. The molecule has 256 valence electrons. The number of pyridine rings is 1. The number of ether oxygens (including phenoxy) is 6.